The molecule has 2 aliphatic carbocycles. The van der Waals surface area contributed by atoms with E-state index in [1.807, 2.05) is 66.7 Å². The van der Waals surface area contributed by atoms with Crippen LogP contribution in [0.25, 0.3) is 0 Å². The van der Waals surface area contributed by atoms with E-state index in [0.29, 0.717) is 39.2 Å². The van der Waals surface area contributed by atoms with Gasteiger partial charge in [-0.3, -0.25) is 29.5 Å². The van der Waals surface area contributed by atoms with E-state index in [9.17, 15) is 32.7 Å². The Kier molecular flexibility index (Phi) is 10.1. The standard InChI is InChI=1S/C46H35Cl2F3N4O6/c47-29-13-11-27(12-14-29)45-35(42(58)55(44(45)60)53-40-36(48)19-28(22-52-40)46(49,50)51)21-34-31(17-18-33-38(34)43(59)54(41(33)57)23-25-7-3-1-4-8-25)39(45)32-16-15-30(20-37(32)56)61-24-26-9-5-2-6-10-26/h1-17,19-20,22,33-35,38-39,56H,18,21,23-24H2,(H,52,53). The Hall–Kier alpha value is -6.18. The Morgan fingerprint density at radius 2 is 1.52 bits per heavy atom. The average molecular weight is 868 g/mol. The second kappa shape index (κ2) is 15.4. The number of hydrazine groups is 1. The maximum Gasteiger partial charge on any atom is 0.417 e. The van der Waals surface area contributed by atoms with Crippen LogP contribution in [-0.2, 0) is 43.9 Å². The quantitative estimate of drug-likeness (QED) is 0.111. The molecule has 4 aromatic carbocycles. The summed E-state index contributed by atoms with van der Waals surface area (Å²) in [5.74, 6) is -7.40. The molecule has 10 nitrogen and oxygen atoms in total. The lowest BCUT2D eigenvalue weighted by atomic mass is 9.49. The maximum absolute atomic E-state index is 15.5. The summed E-state index contributed by atoms with van der Waals surface area (Å²) in [6.07, 6.45) is -2.30. The van der Waals surface area contributed by atoms with Gasteiger partial charge < -0.3 is 9.84 Å². The number of anilines is 1. The fraction of sp³-hybridized carbons (Fsp3) is 0.239. The van der Waals surface area contributed by atoms with E-state index < -0.39 is 69.5 Å². The van der Waals surface area contributed by atoms with E-state index in [0.717, 1.165) is 11.1 Å². The van der Waals surface area contributed by atoms with Crippen molar-refractivity contribution in [2.75, 3.05) is 5.43 Å². The molecule has 1 aromatic heterocycles. The Morgan fingerprint density at radius 3 is 2.18 bits per heavy atom. The van der Waals surface area contributed by atoms with Crippen LogP contribution in [0.15, 0.2) is 127 Å². The fourth-order valence-corrected chi connectivity index (χ4v) is 10.0. The molecule has 15 heteroatoms. The minimum atomic E-state index is -4.77. The number of carbonyl (C=O) groups is 4. The molecule has 2 N–H and O–H groups in total. The van der Waals surface area contributed by atoms with Gasteiger partial charge in [0.2, 0.25) is 11.8 Å². The van der Waals surface area contributed by atoms with Crippen LogP contribution >= 0.6 is 23.2 Å². The number of aromatic hydroxyl groups is 1. The van der Waals surface area contributed by atoms with E-state index in [-0.39, 0.29) is 49.0 Å². The molecule has 0 bridgehead atoms. The van der Waals surface area contributed by atoms with Crippen molar-refractivity contribution in [2.24, 2.45) is 23.7 Å². The molecule has 2 saturated heterocycles. The molecule has 5 aromatic rings. The molecule has 9 rings (SSSR count). The highest BCUT2D eigenvalue weighted by molar-refractivity contribution is 6.33. The molecule has 6 unspecified atom stereocenters. The molecule has 0 spiro atoms. The van der Waals surface area contributed by atoms with Gasteiger partial charge in [0, 0.05) is 28.8 Å². The van der Waals surface area contributed by atoms with Crippen LogP contribution in [0, 0.1) is 23.7 Å². The number of aromatic nitrogens is 1. The zero-order chi connectivity index (χ0) is 42.8. The highest BCUT2D eigenvalue weighted by Crippen LogP contribution is 2.65. The number of nitrogens with zero attached hydrogens (tertiary/aromatic N) is 3. The molecule has 0 radical (unpaired) electrons. The van der Waals surface area contributed by atoms with Crippen molar-refractivity contribution in [3.8, 4) is 11.5 Å². The summed E-state index contributed by atoms with van der Waals surface area (Å²) in [6, 6.07) is 30.2. The maximum atomic E-state index is 15.5. The van der Waals surface area contributed by atoms with Gasteiger partial charge in [-0.25, -0.2) is 4.98 Å². The third-order valence-corrected chi connectivity index (χ3v) is 12.9. The first-order valence-corrected chi connectivity index (χ1v) is 20.3. The number of phenolic OH excluding ortho intramolecular Hbond substituents is 1. The summed E-state index contributed by atoms with van der Waals surface area (Å²) < 4.78 is 46.8. The normalized spacial score (nSPS) is 24.6. The third kappa shape index (κ3) is 6.80. The number of halogens is 5. The number of pyridine rings is 1. The zero-order valence-corrected chi connectivity index (χ0v) is 33.5. The molecule has 4 amide bonds. The van der Waals surface area contributed by atoms with E-state index in [4.69, 9.17) is 27.9 Å². The molecule has 3 heterocycles. The Labute approximate surface area is 357 Å². The second-order valence-electron chi connectivity index (χ2n) is 15.7. The van der Waals surface area contributed by atoms with Crippen LogP contribution < -0.4 is 10.2 Å². The molecular formula is C46H35Cl2F3N4O6. The Morgan fingerprint density at radius 1 is 0.836 bits per heavy atom. The molecule has 1 saturated carbocycles. The van der Waals surface area contributed by atoms with Crippen LogP contribution in [0.2, 0.25) is 10.0 Å². The van der Waals surface area contributed by atoms with Crippen LogP contribution in [0.5, 0.6) is 11.5 Å². The second-order valence-corrected chi connectivity index (χ2v) is 16.5. The molecule has 6 atom stereocenters. The summed E-state index contributed by atoms with van der Waals surface area (Å²) >= 11 is 12.7. The summed E-state index contributed by atoms with van der Waals surface area (Å²) in [7, 11) is 0. The summed E-state index contributed by atoms with van der Waals surface area (Å²) in [6.45, 7) is 0.246. The van der Waals surface area contributed by atoms with Gasteiger partial charge in [-0.05, 0) is 59.7 Å². The summed E-state index contributed by atoms with van der Waals surface area (Å²) in [5.41, 5.74) is 2.47. The number of likely N-dealkylation sites (tertiary alicyclic amines) is 1. The number of hydrogen-bond acceptors (Lipinski definition) is 8. The first kappa shape index (κ1) is 40.2. The number of rotatable bonds is 9. The van der Waals surface area contributed by atoms with Crippen molar-refractivity contribution < 1.29 is 42.2 Å². The highest BCUT2D eigenvalue weighted by Gasteiger charge is 2.70. The first-order chi connectivity index (χ1) is 29.3. The average Bonchev–Trinajstić information content (AvgIpc) is 3.61. The number of carbonyl (C=O) groups excluding carboxylic acids is 4. The smallest absolute Gasteiger partial charge is 0.417 e. The number of phenols is 1. The monoisotopic (exact) mass is 866 g/mol. The first-order valence-electron chi connectivity index (χ1n) is 19.5. The SMILES string of the molecule is O=C1C2CC=C3C(CC4C(=O)N(Nc5ncc(C(F)(F)F)cc5Cl)C(=O)C4(c4ccc(Cl)cc4)C3c3ccc(OCc4ccccc4)cc3O)C2C(=O)N1Cc1ccccc1. The number of imide groups is 2. The van der Waals surface area contributed by atoms with Crippen molar-refractivity contribution in [1.29, 1.82) is 0 Å². The fourth-order valence-electron chi connectivity index (χ4n) is 9.71. The van der Waals surface area contributed by atoms with Gasteiger partial charge in [-0.15, -0.1) is 0 Å². The summed E-state index contributed by atoms with van der Waals surface area (Å²) in [5, 5.41) is 12.6. The van der Waals surface area contributed by atoms with Gasteiger partial charge in [-0.1, -0.05) is 114 Å². The van der Waals surface area contributed by atoms with E-state index in [1.54, 1.807) is 36.4 Å². The van der Waals surface area contributed by atoms with Crippen LogP contribution in [0.3, 0.4) is 0 Å². The van der Waals surface area contributed by atoms with E-state index in [1.165, 1.54) is 11.0 Å². The number of fused-ring (bicyclic) bond motifs is 4. The summed E-state index contributed by atoms with van der Waals surface area (Å²) in [4.78, 5) is 64.2. The topological polar surface area (TPSA) is 129 Å². The predicted octanol–water partition coefficient (Wildman–Crippen LogP) is 8.88. The van der Waals surface area contributed by atoms with Gasteiger partial charge in [0.05, 0.1) is 40.3 Å². The van der Waals surface area contributed by atoms with Crippen molar-refractivity contribution >= 4 is 52.6 Å². The Balaban J connectivity index is 1.19. The number of hydrogen-bond donors (Lipinski definition) is 2. The third-order valence-electron chi connectivity index (χ3n) is 12.4. The Bertz CT molecular complexity index is 2610. The van der Waals surface area contributed by atoms with Crippen molar-refractivity contribution in [3.05, 3.63) is 165 Å². The van der Waals surface area contributed by atoms with Crippen LogP contribution in [0.1, 0.15) is 46.6 Å². The van der Waals surface area contributed by atoms with Crippen molar-refractivity contribution in [2.45, 2.75) is 43.5 Å². The number of amides is 4. The number of benzene rings is 4. The lowest BCUT2D eigenvalue weighted by Gasteiger charge is -2.50. The van der Waals surface area contributed by atoms with Gasteiger partial charge in [0.25, 0.3) is 11.8 Å². The largest absolute Gasteiger partial charge is 0.508 e. The molecule has 2 aliphatic heterocycles. The molecular weight excluding hydrogens is 832 g/mol. The molecule has 310 valence electrons. The predicted molar refractivity (Wildman–Crippen MR) is 218 cm³/mol. The number of ether oxygens (including phenoxy) is 1. The minimum Gasteiger partial charge on any atom is -0.508 e. The van der Waals surface area contributed by atoms with Crippen molar-refractivity contribution in [3.63, 3.8) is 0 Å². The zero-order valence-electron chi connectivity index (χ0n) is 32.0. The minimum absolute atomic E-state index is 0.0519. The number of allylic oxidation sites excluding steroid dienone is 2. The van der Waals surface area contributed by atoms with E-state index in [2.05, 4.69) is 10.4 Å². The number of nitrogens with one attached hydrogen (secondary N) is 1. The lowest BCUT2D eigenvalue weighted by Crippen LogP contribution is -2.53. The molecule has 4 aliphatic rings. The lowest BCUT2D eigenvalue weighted by molar-refractivity contribution is -0.142. The van der Waals surface area contributed by atoms with E-state index >= 15 is 4.79 Å². The van der Waals surface area contributed by atoms with Gasteiger partial charge in [0.15, 0.2) is 5.82 Å². The van der Waals surface area contributed by atoms with Crippen LogP contribution in [-0.4, -0.2) is 43.6 Å². The molecule has 3 fully saturated rings. The van der Waals surface area contributed by atoms with Gasteiger partial charge >= 0.3 is 6.18 Å². The van der Waals surface area contributed by atoms with Crippen LogP contribution in [0.4, 0.5) is 19.0 Å². The molecule has 61 heavy (non-hydrogen) atoms. The highest BCUT2D eigenvalue weighted by atomic mass is 35.5. The van der Waals surface area contributed by atoms with Gasteiger partial charge in [0.1, 0.15) is 18.1 Å². The van der Waals surface area contributed by atoms with Gasteiger partial charge in [-0.2, -0.15) is 18.2 Å². The van der Waals surface area contributed by atoms with Crippen molar-refractivity contribution in [1.82, 2.24) is 14.9 Å². The number of alkyl halides is 3.